The van der Waals surface area contributed by atoms with Gasteiger partial charge in [0.2, 0.25) is 0 Å². The molecule has 3 aromatic rings. The topological polar surface area (TPSA) is 43.4 Å². The maximum Gasteiger partial charge on any atom is 0.306 e. The molecule has 0 fully saturated rings. The Balaban J connectivity index is 1.50. The second-order valence-electron chi connectivity index (χ2n) is 6.45. The molecule has 27 heavy (non-hydrogen) atoms. The molecule has 0 atom stereocenters. The molecule has 3 nitrogen and oxygen atoms in total. The molecule has 0 saturated carbocycles. The highest BCUT2D eigenvalue weighted by Crippen LogP contribution is 2.19. The van der Waals surface area contributed by atoms with Crippen molar-refractivity contribution in [1.82, 2.24) is 0 Å². The van der Waals surface area contributed by atoms with Gasteiger partial charge in [-0.1, -0.05) is 78.9 Å². The number of hydrogen-bond donors (Lipinski definition) is 0. The van der Waals surface area contributed by atoms with Crippen molar-refractivity contribution in [3.8, 4) is 11.1 Å². The number of rotatable bonds is 7. The van der Waals surface area contributed by atoms with Crippen molar-refractivity contribution in [2.24, 2.45) is 0 Å². The van der Waals surface area contributed by atoms with E-state index in [4.69, 9.17) is 4.74 Å². The average Bonchev–Trinajstić information content (AvgIpc) is 2.72. The minimum atomic E-state index is -0.354. The Hall–Kier alpha value is -3.20. The maximum atomic E-state index is 12.2. The summed E-state index contributed by atoms with van der Waals surface area (Å²) in [6, 6.07) is 25.3. The van der Waals surface area contributed by atoms with E-state index in [0.717, 1.165) is 22.3 Å². The molecule has 0 radical (unpaired) electrons. The Morgan fingerprint density at radius 2 is 1.41 bits per heavy atom. The minimum absolute atomic E-state index is 0.196. The van der Waals surface area contributed by atoms with E-state index in [1.807, 2.05) is 73.7 Å². The molecule has 0 aromatic heterocycles. The van der Waals surface area contributed by atoms with Gasteiger partial charge in [0.25, 0.3) is 0 Å². The van der Waals surface area contributed by atoms with Gasteiger partial charge in [0.05, 0.1) is 0 Å². The minimum Gasteiger partial charge on any atom is -0.457 e. The highest BCUT2D eigenvalue weighted by atomic mass is 16.5. The lowest BCUT2D eigenvalue weighted by atomic mass is 10.0. The monoisotopic (exact) mass is 358 g/mol. The highest BCUT2D eigenvalue weighted by molar-refractivity contribution is 5.98. The third kappa shape index (κ3) is 5.14. The molecule has 0 amide bonds. The van der Waals surface area contributed by atoms with Crippen LogP contribution in [0.15, 0.2) is 78.9 Å². The number of esters is 1. The van der Waals surface area contributed by atoms with Crippen molar-refractivity contribution >= 4 is 11.8 Å². The van der Waals surface area contributed by atoms with Crippen LogP contribution in [-0.2, 0) is 16.0 Å². The van der Waals surface area contributed by atoms with Crippen LogP contribution in [0.25, 0.3) is 11.1 Å². The summed E-state index contributed by atoms with van der Waals surface area (Å²) < 4.78 is 5.15. The van der Waals surface area contributed by atoms with E-state index >= 15 is 0 Å². The van der Waals surface area contributed by atoms with Crippen molar-refractivity contribution in [1.29, 1.82) is 0 Å². The normalized spacial score (nSPS) is 10.4. The Morgan fingerprint density at radius 3 is 2.11 bits per heavy atom. The van der Waals surface area contributed by atoms with Gasteiger partial charge < -0.3 is 4.74 Å². The predicted molar refractivity (Wildman–Crippen MR) is 107 cm³/mol. The number of aryl methyl sites for hydroxylation is 2. The summed E-state index contributed by atoms with van der Waals surface area (Å²) in [5.41, 5.74) is 4.96. The zero-order valence-corrected chi connectivity index (χ0v) is 15.4. The summed E-state index contributed by atoms with van der Waals surface area (Å²) in [5, 5.41) is 0. The van der Waals surface area contributed by atoms with E-state index in [1.54, 1.807) is 12.1 Å². The number of carbonyl (C=O) groups is 2. The lowest BCUT2D eigenvalue weighted by molar-refractivity contribution is -0.142. The van der Waals surface area contributed by atoms with Gasteiger partial charge in [-0.15, -0.1) is 0 Å². The molecule has 0 saturated heterocycles. The van der Waals surface area contributed by atoms with E-state index in [2.05, 4.69) is 0 Å². The number of hydrogen-bond acceptors (Lipinski definition) is 3. The molecule has 0 heterocycles. The van der Waals surface area contributed by atoms with Crippen LogP contribution in [-0.4, -0.2) is 18.4 Å². The van der Waals surface area contributed by atoms with E-state index in [1.165, 1.54) is 0 Å². The number of ketones is 1. The smallest absolute Gasteiger partial charge is 0.306 e. The molecule has 0 aliphatic rings. The first-order valence-electron chi connectivity index (χ1n) is 9.02. The molecular weight excluding hydrogens is 336 g/mol. The van der Waals surface area contributed by atoms with Crippen molar-refractivity contribution < 1.29 is 14.3 Å². The van der Waals surface area contributed by atoms with Gasteiger partial charge in [0.1, 0.15) is 0 Å². The Kier molecular flexibility index (Phi) is 6.16. The third-order valence-corrected chi connectivity index (χ3v) is 4.54. The summed E-state index contributed by atoms with van der Waals surface area (Å²) in [7, 11) is 0. The van der Waals surface area contributed by atoms with Crippen LogP contribution in [0.2, 0.25) is 0 Å². The molecule has 0 aliphatic carbocycles. The Bertz CT molecular complexity index is 912. The quantitative estimate of drug-likeness (QED) is 0.440. The lowest BCUT2D eigenvalue weighted by Crippen LogP contribution is -2.14. The second-order valence-corrected chi connectivity index (χ2v) is 6.45. The first-order valence-corrected chi connectivity index (χ1v) is 9.02. The highest BCUT2D eigenvalue weighted by Gasteiger charge is 2.11. The molecule has 0 unspecified atom stereocenters. The maximum absolute atomic E-state index is 12.2. The van der Waals surface area contributed by atoms with Crippen LogP contribution in [0.1, 0.15) is 27.9 Å². The SMILES string of the molecule is Cc1ccccc1CCC(=O)OCC(=O)c1ccc(-c2ccccc2)cc1. The molecule has 3 aromatic carbocycles. The molecule has 3 rings (SSSR count). The summed E-state index contributed by atoms with van der Waals surface area (Å²) in [5.74, 6) is -0.550. The zero-order valence-electron chi connectivity index (χ0n) is 15.4. The van der Waals surface area contributed by atoms with E-state index in [9.17, 15) is 9.59 Å². The van der Waals surface area contributed by atoms with Crippen molar-refractivity contribution in [2.45, 2.75) is 19.8 Å². The van der Waals surface area contributed by atoms with Gasteiger partial charge in [-0.05, 0) is 35.6 Å². The lowest BCUT2D eigenvalue weighted by Gasteiger charge is -2.07. The average molecular weight is 358 g/mol. The summed E-state index contributed by atoms with van der Waals surface area (Å²) in [6.45, 7) is 1.79. The fourth-order valence-electron chi connectivity index (χ4n) is 2.91. The van der Waals surface area contributed by atoms with Crippen molar-refractivity contribution in [3.63, 3.8) is 0 Å². The van der Waals surface area contributed by atoms with Crippen LogP contribution in [0, 0.1) is 6.92 Å². The van der Waals surface area contributed by atoms with Crippen LogP contribution in [0.3, 0.4) is 0 Å². The molecule has 0 spiro atoms. The standard InChI is InChI=1S/C24H22O3/c1-18-7-5-6-8-19(18)15-16-24(26)27-17-23(25)22-13-11-21(12-14-22)20-9-3-2-4-10-20/h2-14H,15-17H2,1H3. The number of carbonyl (C=O) groups excluding carboxylic acids is 2. The first kappa shape index (κ1) is 18.6. The Morgan fingerprint density at radius 1 is 0.778 bits per heavy atom. The zero-order chi connectivity index (χ0) is 19.1. The van der Waals surface area contributed by atoms with E-state index < -0.39 is 0 Å². The summed E-state index contributed by atoms with van der Waals surface area (Å²) >= 11 is 0. The second kappa shape index (κ2) is 8.95. The molecule has 0 bridgehead atoms. The van der Waals surface area contributed by atoms with Crippen LogP contribution < -0.4 is 0 Å². The van der Waals surface area contributed by atoms with Crippen LogP contribution in [0.5, 0.6) is 0 Å². The van der Waals surface area contributed by atoms with Crippen molar-refractivity contribution in [2.75, 3.05) is 6.61 Å². The van der Waals surface area contributed by atoms with Crippen molar-refractivity contribution in [3.05, 3.63) is 95.6 Å². The largest absolute Gasteiger partial charge is 0.457 e. The summed E-state index contributed by atoms with van der Waals surface area (Å²) in [4.78, 5) is 24.2. The van der Waals surface area contributed by atoms with E-state index in [0.29, 0.717) is 12.0 Å². The third-order valence-electron chi connectivity index (χ3n) is 4.54. The number of ether oxygens (including phenoxy) is 1. The van der Waals surface area contributed by atoms with Crippen LogP contribution >= 0.6 is 0 Å². The first-order chi connectivity index (χ1) is 13.1. The molecular formula is C24H22O3. The van der Waals surface area contributed by atoms with Crippen LogP contribution in [0.4, 0.5) is 0 Å². The van der Waals surface area contributed by atoms with Gasteiger partial charge in [-0.25, -0.2) is 0 Å². The van der Waals surface area contributed by atoms with Gasteiger partial charge in [-0.3, -0.25) is 9.59 Å². The molecule has 136 valence electrons. The molecule has 0 N–H and O–H groups in total. The fourth-order valence-corrected chi connectivity index (χ4v) is 2.91. The van der Waals surface area contributed by atoms with Gasteiger partial charge in [-0.2, -0.15) is 0 Å². The fraction of sp³-hybridized carbons (Fsp3) is 0.167. The van der Waals surface area contributed by atoms with Gasteiger partial charge in [0.15, 0.2) is 12.4 Å². The number of benzene rings is 3. The number of Topliss-reactive ketones (excluding diaryl/α,β-unsaturated/α-hetero) is 1. The van der Waals surface area contributed by atoms with Gasteiger partial charge >= 0.3 is 5.97 Å². The predicted octanol–water partition coefficient (Wildman–Crippen LogP) is 5.02. The molecule has 3 heteroatoms. The van der Waals surface area contributed by atoms with E-state index in [-0.39, 0.29) is 24.8 Å². The van der Waals surface area contributed by atoms with Gasteiger partial charge in [0, 0.05) is 12.0 Å². The molecule has 0 aliphatic heterocycles. The summed E-state index contributed by atoms with van der Waals surface area (Å²) in [6.07, 6.45) is 0.885. The Labute approximate surface area is 159 Å².